The average Bonchev–Trinajstić information content (AvgIpc) is 3.52. The lowest BCUT2D eigenvalue weighted by Gasteiger charge is -2.16. The Morgan fingerprint density at radius 3 is 2.65 bits per heavy atom. The lowest BCUT2D eigenvalue weighted by Crippen LogP contribution is -2.22. The second kappa shape index (κ2) is 11.0. The number of hydrogen-bond acceptors (Lipinski definition) is 10. The molecule has 4 aromatic rings. The molecule has 1 unspecified atom stereocenters. The Hall–Kier alpha value is -3.97. The molecule has 37 heavy (non-hydrogen) atoms. The van der Waals surface area contributed by atoms with Crippen molar-refractivity contribution in [1.29, 1.82) is 0 Å². The van der Waals surface area contributed by atoms with E-state index in [1.54, 1.807) is 29.6 Å². The molecule has 0 fully saturated rings. The summed E-state index contributed by atoms with van der Waals surface area (Å²) in [4.78, 5) is 16.0. The molecule has 1 amide bonds. The van der Waals surface area contributed by atoms with E-state index in [1.807, 2.05) is 13.0 Å². The van der Waals surface area contributed by atoms with Crippen LogP contribution in [0.3, 0.4) is 0 Å². The number of fused-ring (bicyclic) bond motifs is 1. The van der Waals surface area contributed by atoms with Crippen LogP contribution in [0.25, 0.3) is 11.0 Å². The van der Waals surface area contributed by atoms with Gasteiger partial charge >= 0.3 is 6.09 Å². The molecule has 2 aromatic heterocycles. The Balaban J connectivity index is 1.60. The SMILES string of the molecule is C=S(=O)(Nc1noc2cc(Oc3nc(CNC(=O)OC)cs3)cc(OC)c12)c1cc(CC)ccc1OC. The highest BCUT2D eigenvalue weighted by Gasteiger charge is 2.22. The summed E-state index contributed by atoms with van der Waals surface area (Å²) in [6.45, 7) is 2.20. The van der Waals surface area contributed by atoms with Gasteiger partial charge in [0.1, 0.15) is 22.6 Å². The van der Waals surface area contributed by atoms with E-state index in [0.29, 0.717) is 44.0 Å². The summed E-state index contributed by atoms with van der Waals surface area (Å²) in [5.74, 6) is 5.34. The van der Waals surface area contributed by atoms with Crippen molar-refractivity contribution < 1.29 is 32.5 Å². The number of methoxy groups -OCH3 is 3. The minimum absolute atomic E-state index is 0.197. The van der Waals surface area contributed by atoms with Crippen molar-refractivity contribution >= 4 is 49.8 Å². The maximum absolute atomic E-state index is 13.7. The lowest BCUT2D eigenvalue weighted by molar-refractivity contribution is 0.170. The standard InChI is InChI=1S/C24H26N4O7S2/c1-6-14-7-8-17(31-2)20(9-14)37(5,30)28-22-21-18(32-3)10-16(11-19(21)35-27-22)34-24-26-15(13-36-24)12-25-23(29)33-4/h7-11,13H,5-6,12H2,1-4H3,(H,25,29)(H,27,28,30). The predicted octanol–water partition coefficient (Wildman–Crippen LogP) is 4.61. The van der Waals surface area contributed by atoms with Gasteiger partial charge in [0.2, 0.25) is 0 Å². The molecular formula is C24H26N4O7S2. The monoisotopic (exact) mass is 546 g/mol. The first-order chi connectivity index (χ1) is 17.8. The summed E-state index contributed by atoms with van der Waals surface area (Å²) >= 11 is 1.26. The van der Waals surface area contributed by atoms with E-state index in [4.69, 9.17) is 18.7 Å². The number of hydrogen-bond donors (Lipinski definition) is 2. The Kier molecular flexibility index (Phi) is 7.74. The summed E-state index contributed by atoms with van der Waals surface area (Å²) in [7, 11) is 1.21. The third-order valence-corrected chi connectivity index (χ3v) is 7.64. The number of ether oxygens (including phenoxy) is 4. The third kappa shape index (κ3) is 5.73. The first-order valence-electron chi connectivity index (χ1n) is 11.0. The van der Waals surface area contributed by atoms with Crippen molar-refractivity contribution in [2.45, 2.75) is 24.8 Å². The predicted molar refractivity (Wildman–Crippen MR) is 142 cm³/mol. The van der Waals surface area contributed by atoms with Crippen molar-refractivity contribution in [2.24, 2.45) is 0 Å². The van der Waals surface area contributed by atoms with Gasteiger partial charge in [-0.05, 0) is 30.0 Å². The zero-order valence-corrected chi connectivity index (χ0v) is 22.3. The molecule has 0 radical (unpaired) electrons. The van der Waals surface area contributed by atoms with Crippen LogP contribution in [-0.4, -0.2) is 47.6 Å². The van der Waals surface area contributed by atoms with Crippen LogP contribution in [0, 0.1) is 0 Å². The molecule has 2 heterocycles. The number of aryl methyl sites for hydroxylation is 1. The molecule has 0 spiro atoms. The summed E-state index contributed by atoms with van der Waals surface area (Å²) < 4.78 is 43.5. The molecule has 0 aliphatic rings. The molecule has 2 N–H and O–H groups in total. The largest absolute Gasteiger partial charge is 0.496 e. The molecule has 4 rings (SSSR count). The minimum Gasteiger partial charge on any atom is -0.496 e. The van der Waals surface area contributed by atoms with E-state index in [0.717, 1.165) is 12.0 Å². The normalized spacial score (nSPS) is 12.5. The molecule has 11 nitrogen and oxygen atoms in total. The summed E-state index contributed by atoms with van der Waals surface area (Å²) in [6, 6.07) is 8.74. The van der Waals surface area contributed by atoms with Gasteiger partial charge in [-0.2, -0.15) is 0 Å². The minimum atomic E-state index is -3.08. The summed E-state index contributed by atoms with van der Waals surface area (Å²) in [5.41, 5.74) is 1.94. The number of alkyl carbamates (subject to hydrolysis) is 1. The van der Waals surface area contributed by atoms with Crippen molar-refractivity contribution in [2.75, 3.05) is 26.1 Å². The van der Waals surface area contributed by atoms with Crippen LogP contribution >= 0.6 is 11.3 Å². The second-order valence-corrected chi connectivity index (χ2v) is 10.5. The molecule has 0 aliphatic heterocycles. The van der Waals surface area contributed by atoms with Crippen molar-refractivity contribution in [3.8, 4) is 22.4 Å². The van der Waals surface area contributed by atoms with Gasteiger partial charge in [-0.3, -0.25) is 4.72 Å². The molecule has 0 saturated heterocycles. The van der Waals surface area contributed by atoms with E-state index in [2.05, 4.69) is 30.8 Å². The topological polar surface area (TPSA) is 134 Å². The molecule has 0 aliphatic carbocycles. The second-order valence-electron chi connectivity index (χ2n) is 7.70. The van der Waals surface area contributed by atoms with Crippen LogP contribution in [0.5, 0.6) is 22.4 Å². The Morgan fingerprint density at radius 1 is 1.16 bits per heavy atom. The van der Waals surface area contributed by atoms with E-state index < -0.39 is 15.8 Å². The zero-order valence-electron chi connectivity index (χ0n) is 20.7. The first-order valence-corrected chi connectivity index (χ1v) is 13.6. The molecule has 0 bridgehead atoms. The number of nitrogens with one attached hydrogen (secondary N) is 2. The zero-order chi connectivity index (χ0) is 26.6. The Bertz CT molecular complexity index is 1530. The van der Waals surface area contributed by atoms with Crippen LogP contribution < -0.4 is 24.2 Å². The highest BCUT2D eigenvalue weighted by Crippen LogP contribution is 2.39. The molecule has 13 heteroatoms. The Labute approximate surface area is 217 Å². The highest BCUT2D eigenvalue weighted by molar-refractivity contribution is 8.01. The molecule has 1 atom stereocenters. The van der Waals surface area contributed by atoms with Gasteiger partial charge in [0.15, 0.2) is 11.4 Å². The number of amides is 1. The van der Waals surface area contributed by atoms with Gasteiger partial charge in [-0.25, -0.2) is 14.0 Å². The molecule has 0 saturated carbocycles. The number of aromatic nitrogens is 2. The number of nitrogens with zero attached hydrogens (tertiary/aromatic N) is 2. The smallest absolute Gasteiger partial charge is 0.407 e. The highest BCUT2D eigenvalue weighted by atomic mass is 32.2. The van der Waals surface area contributed by atoms with Gasteiger partial charge in [0, 0.05) is 17.5 Å². The fraction of sp³-hybridized carbons (Fsp3) is 0.250. The van der Waals surface area contributed by atoms with E-state index in [-0.39, 0.29) is 12.4 Å². The number of carbonyl (C=O) groups is 1. The van der Waals surface area contributed by atoms with Gasteiger partial charge < -0.3 is 28.8 Å². The van der Waals surface area contributed by atoms with E-state index in [9.17, 15) is 9.00 Å². The quantitative estimate of drug-likeness (QED) is 0.273. The fourth-order valence-electron chi connectivity index (χ4n) is 3.46. The lowest BCUT2D eigenvalue weighted by atomic mass is 10.2. The molecular weight excluding hydrogens is 520 g/mol. The number of rotatable bonds is 10. The van der Waals surface area contributed by atoms with Gasteiger partial charge in [0.25, 0.3) is 5.19 Å². The van der Waals surface area contributed by atoms with E-state index in [1.165, 1.54) is 32.7 Å². The van der Waals surface area contributed by atoms with Crippen molar-refractivity contribution in [3.05, 3.63) is 47.0 Å². The number of anilines is 1. The van der Waals surface area contributed by atoms with Crippen LogP contribution in [0.2, 0.25) is 0 Å². The van der Waals surface area contributed by atoms with Crippen LogP contribution in [-0.2, 0) is 27.4 Å². The van der Waals surface area contributed by atoms with E-state index >= 15 is 0 Å². The van der Waals surface area contributed by atoms with Crippen LogP contribution in [0.15, 0.2) is 45.1 Å². The Morgan fingerprint density at radius 2 is 1.95 bits per heavy atom. The maximum Gasteiger partial charge on any atom is 0.407 e. The van der Waals surface area contributed by atoms with Gasteiger partial charge in [0.05, 0.1) is 48.2 Å². The summed E-state index contributed by atoms with van der Waals surface area (Å²) in [6.07, 6.45) is 0.210. The van der Waals surface area contributed by atoms with Crippen molar-refractivity contribution in [1.82, 2.24) is 15.5 Å². The van der Waals surface area contributed by atoms with Gasteiger partial charge in [-0.15, -0.1) is 0 Å². The number of carbonyl (C=O) groups excluding carboxylic acids is 1. The fourth-order valence-corrected chi connectivity index (χ4v) is 5.53. The first kappa shape index (κ1) is 26.1. The molecule has 196 valence electrons. The van der Waals surface area contributed by atoms with Gasteiger partial charge in [-0.1, -0.05) is 29.5 Å². The van der Waals surface area contributed by atoms with Crippen LogP contribution in [0.1, 0.15) is 18.2 Å². The van der Waals surface area contributed by atoms with Crippen molar-refractivity contribution in [3.63, 3.8) is 0 Å². The summed E-state index contributed by atoms with van der Waals surface area (Å²) in [5, 5.41) is 9.20. The average molecular weight is 547 g/mol. The molecule has 2 aromatic carbocycles. The maximum atomic E-state index is 13.7. The van der Waals surface area contributed by atoms with Crippen LogP contribution in [0.4, 0.5) is 10.6 Å². The number of benzene rings is 2. The third-order valence-electron chi connectivity index (χ3n) is 5.32. The number of thiazole rings is 1.